The lowest BCUT2D eigenvalue weighted by Gasteiger charge is -2.24. The number of halogens is 1. The largest absolute Gasteiger partial charge is 0.505 e. The quantitative estimate of drug-likeness (QED) is 0.560. The third kappa shape index (κ3) is 4.40. The minimum absolute atomic E-state index is 0.0907. The van der Waals surface area contributed by atoms with Crippen molar-refractivity contribution in [3.8, 4) is 5.75 Å². The van der Waals surface area contributed by atoms with Crippen LogP contribution in [0.3, 0.4) is 0 Å². The predicted octanol–water partition coefficient (Wildman–Crippen LogP) is 4.99. The molecule has 0 unspecified atom stereocenters. The van der Waals surface area contributed by atoms with Gasteiger partial charge in [-0.1, -0.05) is 49.4 Å². The summed E-state index contributed by atoms with van der Waals surface area (Å²) in [7, 11) is 0. The minimum atomic E-state index is -0.795. The van der Waals surface area contributed by atoms with Crippen molar-refractivity contribution < 1.29 is 24.1 Å². The van der Waals surface area contributed by atoms with E-state index in [1.165, 1.54) is 12.1 Å². The number of phenolic OH excluding ortho intramolecular Hbond substituents is 1. The number of fused-ring (bicyclic) bond motifs is 1. The number of amides is 1. The minimum Gasteiger partial charge on any atom is -0.505 e. The Labute approximate surface area is 162 Å². The van der Waals surface area contributed by atoms with Gasteiger partial charge in [-0.15, -0.1) is 0 Å². The van der Waals surface area contributed by atoms with E-state index in [2.05, 4.69) is 5.32 Å². The van der Waals surface area contributed by atoms with Crippen molar-refractivity contribution >= 4 is 22.6 Å². The predicted molar refractivity (Wildman–Crippen MR) is 106 cm³/mol. The van der Waals surface area contributed by atoms with Gasteiger partial charge < -0.3 is 14.9 Å². The van der Waals surface area contributed by atoms with E-state index in [-0.39, 0.29) is 12.5 Å². The van der Waals surface area contributed by atoms with Crippen LogP contribution in [0.1, 0.15) is 25.0 Å². The second-order valence-corrected chi connectivity index (χ2v) is 6.68. The van der Waals surface area contributed by atoms with Crippen LogP contribution in [-0.2, 0) is 4.74 Å². The summed E-state index contributed by atoms with van der Waals surface area (Å²) in [4.78, 5) is 12.6. The van der Waals surface area contributed by atoms with Gasteiger partial charge in [-0.3, -0.25) is 5.32 Å². The number of benzene rings is 3. The van der Waals surface area contributed by atoms with Crippen LogP contribution in [0.15, 0.2) is 60.7 Å². The molecule has 28 heavy (non-hydrogen) atoms. The Morgan fingerprint density at radius 2 is 1.89 bits per heavy atom. The molecule has 0 radical (unpaired) electrons. The molecule has 5 nitrogen and oxygen atoms in total. The van der Waals surface area contributed by atoms with E-state index in [9.17, 15) is 19.4 Å². The maximum atomic E-state index is 13.8. The monoisotopic (exact) mass is 383 g/mol. The molecule has 0 fully saturated rings. The fourth-order valence-corrected chi connectivity index (χ4v) is 3.16. The lowest BCUT2D eigenvalue weighted by atomic mass is 9.94. The van der Waals surface area contributed by atoms with Crippen molar-refractivity contribution in [1.82, 2.24) is 0 Å². The van der Waals surface area contributed by atoms with Crippen LogP contribution >= 0.6 is 0 Å². The summed E-state index contributed by atoms with van der Waals surface area (Å²) in [5, 5.41) is 23.3. The normalized spacial score (nSPS) is 13.1. The van der Waals surface area contributed by atoms with Gasteiger partial charge in [0.2, 0.25) is 0 Å². The average molecular weight is 383 g/mol. The summed E-state index contributed by atoms with van der Waals surface area (Å²) in [5.41, 5.74) is 1.01. The van der Waals surface area contributed by atoms with Gasteiger partial charge in [0.05, 0.1) is 5.69 Å². The summed E-state index contributed by atoms with van der Waals surface area (Å²) >= 11 is 0. The molecule has 0 aliphatic rings. The Hall–Kier alpha value is -3.12. The number of hydrogen-bond acceptors (Lipinski definition) is 4. The van der Waals surface area contributed by atoms with Crippen molar-refractivity contribution in [1.29, 1.82) is 0 Å². The molecule has 3 aromatic carbocycles. The first-order chi connectivity index (χ1) is 13.5. The van der Waals surface area contributed by atoms with E-state index in [1.807, 2.05) is 36.4 Å². The molecule has 0 saturated carbocycles. The van der Waals surface area contributed by atoms with Gasteiger partial charge in [-0.2, -0.15) is 0 Å². The number of aromatic hydroxyl groups is 1. The Morgan fingerprint density at radius 1 is 1.14 bits per heavy atom. The summed E-state index contributed by atoms with van der Waals surface area (Å²) in [6, 6.07) is 17.0. The van der Waals surface area contributed by atoms with Gasteiger partial charge in [0.1, 0.15) is 6.10 Å². The van der Waals surface area contributed by atoms with Gasteiger partial charge in [0.25, 0.3) is 0 Å². The van der Waals surface area contributed by atoms with Gasteiger partial charge in [0, 0.05) is 12.0 Å². The number of carbonyl (C=O) groups excluding carboxylic acids is 1. The number of aliphatic hydroxyl groups is 1. The van der Waals surface area contributed by atoms with E-state index in [0.717, 1.165) is 16.8 Å². The number of hydrogen-bond donors (Lipinski definition) is 3. The fraction of sp³-hybridized carbons (Fsp3) is 0.227. The van der Waals surface area contributed by atoms with E-state index in [0.29, 0.717) is 17.7 Å². The Bertz CT molecular complexity index is 970. The smallest absolute Gasteiger partial charge is 0.412 e. The van der Waals surface area contributed by atoms with E-state index in [4.69, 9.17) is 4.74 Å². The molecule has 6 heteroatoms. The van der Waals surface area contributed by atoms with Gasteiger partial charge in [0.15, 0.2) is 11.6 Å². The molecule has 0 aliphatic heterocycles. The van der Waals surface area contributed by atoms with Gasteiger partial charge >= 0.3 is 6.09 Å². The van der Waals surface area contributed by atoms with Crippen LogP contribution < -0.4 is 5.32 Å². The van der Waals surface area contributed by atoms with Crippen molar-refractivity contribution in [2.75, 3.05) is 11.9 Å². The standard InChI is InChI=1S/C22H22FNO4/c1-14(11-12-25)21(16-9-10-20(26)18(23)13-16)28-22(27)24-19-8-4-6-15-5-2-3-7-17(15)19/h2-10,13-14,21,25-26H,11-12H2,1H3,(H,24,27)/t14-,21-/m1/s1. The molecular weight excluding hydrogens is 361 g/mol. The highest BCUT2D eigenvalue weighted by Gasteiger charge is 2.25. The number of ether oxygens (including phenoxy) is 1. The zero-order valence-electron chi connectivity index (χ0n) is 15.4. The molecule has 1 amide bonds. The van der Waals surface area contributed by atoms with E-state index < -0.39 is 23.8 Å². The van der Waals surface area contributed by atoms with Gasteiger partial charge in [-0.25, -0.2) is 9.18 Å². The molecule has 0 heterocycles. The van der Waals surface area contributed by atoms with Crippen LogP contribution in [0.25, 0.3) is 10.8 Å². The highest BCUT2D eigenvalue weighted by atomic mass is 19.1. The third-order valence-corrected chi connectivity index (χ3v) is 4.66. The first kappa shape index (κ1) is 19.6. The highest BCUT2D eigenvalue weighted by Crippen LogP contribution is 2.32. The van der Waals surface area contributed by atoms with Crippen LogP contribution in [-0.4, -0.2) is 22.9 Å². The molecular formula is C22H22FNO4. The number of phenols is 1. The molecule has 0 saturated heterocycles. The van der Waals surface area contributed by atoms with Crippen LogP contribution in [0.2, 0.25) is 0 Å². The number of anilines is 1. The van der Waals surface area contributed by atoms with Crippen molar-refractivity contribution in [3.05, 3.63) is 72.0 Å². The average Bonchev–Trinajstić information content (AvgIpc) is 2.69. The number of nitrogens with one attached hydrogen (secondary N) is 1. The maximum Gasteiger partial charge on any atom is 0.412 e. The summed E-state index contributed by atoms with van der Waals surface area (Å²) < 4.78 is 19.4. The van der Waals surface area contributed by atoms with Crippen molar-refractivity contribution in [2.45, 2.75) is 19.4 Å². The topological polar surface area (TPSA) is 78.8 Å². The Morgan fingerprint density at radius 3 is 2.64 bits per heavy atom. The molecule has 0 aliphatic carbocycles. The lowest BCUT2D eigenvalue weighted by Crippen LogP contribution is -2.22. The second-order valence-electron chi connectivity index (χ2n) is 6.68. The van der Waals surface area contributed by atoms with Crippen LogP contribution in [0.4, 0.5) is 14.9 Å². The molecule has 0 spiro atoms. The number of rotatable bonds is 6. The van der Waals surface area contributed by atoms with Crippen molar-refractivity contribution in [3.63, 3.8) is 0 Å². The Kier molecular flexibility index (Phi) is 6.11. The Balaban J connectivity index is 1.83. The molecule has 3 rings (SSSR count). The fourth-order valence-electron chi connectivity index (χ4n) is 3.16. The molecule has 3 aromatic rings. The summed E-state index contributed by atoms with van der Waals surface area (Å²) in [6.07, 6.45) is -1.09. The van der Waals surface area contributed by atoms with Crippen LogP contribution in [0.5, 0.6) is 5.75 Å². The van der Waals surface area contributed by atoms with Crippen LogP contribution in [0, 0.1) is 11.7 Å². The first-order valence-corrected chi connectivity index (χ1v) is 9.04. The second kappa shape index (κ2) is 8.71. The zero-order valence-corrected chi connectivity index (χ0v) is 15.4. The lowest BCUT2D eigenvalue weighted by molar-refractivity contribution is 0.0665. The van der Waals surface area contributed by atoms with E-state index in [1.54, 1.807) is 13.0 Å². The first-order valence-electron chi connectivity index (χ1n) is 9.04. The summed E-state index contributed by atoms with van der Waals surface area (Å²) in [6.45, 7) is 1.71. The van der Waals surface area contributed by atoms with Gasteiger partial charge in [-0.05, 0) is 41.5 Å². The zero-order chi connectivity index (χ0) is 20.1. The number of aliphatic hydroxyl groups excluding tert-OH is 1. The van der Waals surface area contributed by atoms with E-state index >= 15 is 0 Å². The molecule has 3 N–H and O–H groups in total. The third-order valence-electron chi connectivity index (χ3n) is 4.66. The molecule has 146 valence electrons. The molecule has 0 aromatic heterocycles. The maximum absolute atomic E-state index is 13.8. The molecule has 2 atom stereocenters. The van der Waals surface area contributed by atoms with Crippen molar-refractivity contribution in [2.24, 2.45) is 5.92 Å². The number of carbonyl (C=O) groups is 1. The molecule has 0 bridgehead atoms. The SMILES string of the molecule is C[C@H](CCO)[C@@H](OC(=O)Nc1cccc2ccccc12)c1ccc(O)c(F)c1. The highest BCUT2D eigenvalue weighted by molar-refractivity contribution is 6.00. The summed E-state index contributed by atoms with van der Waals surface area (Å²) in [5.74, 6) is -1.53.